The smallest absolute Gasteiger partial charge is 0.164 e. The summed E-state index contributed by atoms with van der Waals surface area (Å²) in [6, 6.07) is 71.7. The van der Waals surface area contributed by atoms with Crippen LogP contribution >= 0.6 is 0 Å². The maximum absolute atomic E-state index is 6.61. The van der Waals surface area contributed by atoms with Gasteiger partial charge in [-0.1, -0.05) is 133 Å². The Morgan fingerprint density at radius 3 is 1.51 bits per heavy atom. The van der Waals surface area contributed by atoms with Gasteiger partial charge in [-0.25, -0.2) is 15.0 Å². The topological polar surface area (TPSA) is 69.9 Å². The minimum absolute atomic E-state index is 0.563. The summed E-state index contributed by atoms with van der Waals surface area (Å²) >= 11 is 0. The van der Waals surface area contributed by atoms with E-state index < -0.39 is 0 Å². The number of aromatic nitrogens is 4. The molecule has 0 fully saturated rings. The van der Waals surface area contributed by atoms with Crippen LogP contribution in [0.3, 0.4) is 0 Å². The van der Waals surface area contributed by atoms with E-state index in [1.54, 1.807) is 0 Å². The molecule has 0 atom stereocenters. The molecule has 0 saturated carbocycles. The number of hydrogen-bond donors (Lipinski definition) is 0. The number of fused-ring (bicyclic) bond motifs is 9. The highest BCUT2D eigenvalue weighted by Crippen LogP contribution is 2.41. The van der Waals surface area contributed by atoms with Gasteiger partial charge in [-0.3, -0.25) is 0 Å². The van der Waals surface area contributed by atoms with Crippen molar-refractivity contribution in [1.29, 1.82) is 0 Å². The summed E-state index contributed by atoms with van der Waals surface area (Å²) < 4.78 is 15.2. The van der Waals surface area contributed by atoms with Gasteiger partial charge in [0.25, 0.3) is 0 Å². The lowest BCUT2D eigenvalue weighted by atomic mass is 10.0. The molecule has 63 heavy (non-hydrogen) atoms. The van der Waals surface area contributed by atoms with Gasteiger partial charge in [0.1, 0.15) is 22.3 Å². The number of hydrogen-bond acceptors (Lipinski definition) is 5. The Bertz CT molecular complexity index is 3810. The van der Waals surface area contributed by atoms with Crippen LogP contribution in [0.25, 0.3) is 128 Å². The first kappa shape index (κ1) is 35.2. The van der Waals surface area contributed by atoms with Gasteiger partial charge in [0.15, 0.2) is 17.5 Å². The molecule has 0 aliphatic rings. The molecule has 4 aromatic heterocycles. The molecule has 0 bridgehead atoms. The first-order valence-electron chi connectivity index (χ1n) is 21.1. The van der Waals surface area contributed by atoms with Crippen LogP contribution in [-0.2, 0) is 0 Å². The molecule has 13 rings (SSSR count). The van der Waals surface area contributed by atoms with E-state index in [1.165, 1.54) is 33.0 Å². The van der Waals surface area contributed by atoms with Crippen molar-refractivity contribution in [3.05, 3.63) is 206 Å². The third-order valence-corrected chi connectivity index (χ3v) is 12.3. The predicted molar refractivity (Wildman–Crippen MR) is 256 cm³/mol. The number of para-hydroxylation sites is 1. The third kappa shape index (κ3) is 5.76. The fraction of sp³-hybridized carbons (Fsp3) is 0. The first-order chi connectivity index (χ1) is 31.2. The molecule has 0 unspecified atom stereocenters. The van der Waals surface area contributed by atoms with Crippen molar-refractivity contribution < 1.29 is 8.83 Å². The lowest BCUT2D eigenvalue weighted by Gasteiger charge is -2.10. The van der Waals surface area contributed by atoms with Crippen LogP contribution in [-0.4, -0.2) is 19.5 Å². The number of nitrogens with zero attached hydrogens (tertiary/aromatic N) is 4. The van der Waals surface area contributed by atoms with Crippen LogP contribution in [0.5, 0.6) is 0 Å². The molecule has 9 aromatic carbocycles. The van der Waals surface area contributed by atoms with Gasteiger partial charge in [0, 0.05) is 54.7 Å². The fourth-order valence-corrected chi connectivity index (χ4v) is 9.27. The Morgan fingerprint density at radius 1 is 0.302 bits per heavy atom. The van der Waals surface area contributed by atoms with Crippen molar-refractivity contribution in [3.63, 3.8) is 0 Å². The zero-order chi connectivity index (χ0) is 41.4. The van der Waals surface area contributed by atoms with Gasteiger partial charge in [-0.15, -0.1) is 0 Å². The lowest BCUT2D eigenvalue weighted by Crippen LogP contribution is -2.00. The van der Waals surface area contributed by atoms with E-state index in [4.69, 9.17) is 23.8 Å². The highest BCUT2D eigenvalue weighted by molar-refractivity contribution is 6.15. The highest BCUT2D eigenvalue weighted by Gasteiger charge is 2.21. The first-order valence-corrected chi connectivity index (χ1v) is 21.1. The van der Waals surface area contributed by atoms with Gasteiger partial charge in [-0.05, 0) is 95.1 Å². The Hall–Kier alpha value is -8.61. The number of benzene rings is 9. The van der Waals surface area contributed by atoms with Crippen LogP contribution in [0.15, 0.2) is 215 Å². The number of furan rings is 2. The quantitative estimate of drug-likeness (QED) is 0.167. The van der Waals surface area contributed by atoms with Crippen LogP contribution < -0.4 is 0 Å². The predicted octanol–water partition coefficient (Wildman–Crippen LogP) is 15.1. The number of rotatable bonds is 6. The van der Waals surface area contributed by atoms with Crippen molar-refractivity contribution in [2.45, 2.75) is 0 Å². The SMILES string of the molecule is c1ccc(-c2ccc3c(c2)c2cc(-c4ccccc4)ccc2n3-c2ccc3oc4cccc(-c5nc(-c6ccccc6)nc(-c6ccc7oc8ccccc8c7c6)n5)c4c3c2)cc1. The zero-order valence-corrected chi connectivity index (χ0v) is 33.7. The van der Waals surface area contributed by atoms with Crippen molar-refractivity contribution in [2.24, 2.45) is 0 Å². The summed E-state index contributed by atoms with van der Waals surface area (Å²) in [5, 5.41) is 6.36. The molecule has 0 spiro atoms. The molecule has 0 radical (unpaired) electrons. The maximum atomic E-state index is 6.61. The Labute approximate surface area is 361 Å². The molecule has 6 nitrogen and oxygen atoms in total. The second-order valence-corrected chi connectivity index (χ2v) is 16.0. The van der Waals surface area contributed by atoms with E-state index in [0.717, 1.165) is 77.3 Å². The van der Waals surface area contributed by atoms with Crippen molar-refractivity contribution in [3.8, 4) is 62.1 Å². The summed E-state index contributed by atoms with van der Waals surface area (Å²) in [5.74, 6) is 1.73. The van der Waals surface area contributed by atoms with Crippen molar-refractivity contribution in [2.75, 3.05) is 0 Å². The minimum atomic E-state index is 0.563. The third-order valence-electron chi connectivity index (χ3n) is 12.3. The standard InChI is InChI=1S/C57H34N4O2/c1-4-13-35(14-5-1)38-23-27-48-44(31-38)45-32-39(36-15-6-2-7-16-36)24-28-49(45)61(48)41-26-30-52-47(34-41)54-43(20-12-22-53(54)63-52)57-59-55(37-17-8-3-9-18-37)58-56(60-57)40-25-29-51-46(33-40)42-19-10-11-21-50(42)62-51/h1-34H. The van der Waals surface area contributed by atoms with E-state index in [2.05, 4.69) is 138 Å². The largest absolute Gasteiger partial charge is 0.456 e. The highest BCUT2D eigenvalue weighted by atomic mass is 16.3. The van der Waals surface area contributed by atoms with Crippen molar-refractivity contribution in [1.82, 2.24) is 19.5 Å². The molecule has 0 saturated heterocycles. The molecule has 13 aromatic rings. The van der Waals surface area contributed by atoms with Gasteiger partial charge in [-0.2, -0.15) is 0 Å². The Balaban J connectivity index is 1.02. The molecular formula is C57H34N4O2. The van der Waals surface area contributed by atoms with Gasteiger partial charge in [0.2, 0.25) is 0 Å². The van der Waals surface area contributed by atoms with Gasteiger partial charge >= 0.3 is 0 Å². The molecule has 294 valence electrons. The van der Waals surface area contributed by atoms with E-state index in [0.29, 0.717) is 17.5 Å². The normalized spacial score (nSPS) is 11.8. The molecule has 0 N–H and O–H groups in total. The molecule has 0 aliphatic heterocycles. The molecule has 0 amide bonds. The molecule has 0 aliphatic carbocycles. The van der Waals surface area contributed by atoms with Crippen LogP contribution in [0, 0.1) is 0 Å². The summed E-state index contributed by atoms with van der Waals surface area (Å²) in [5.41, 5.74) is 13.9. The van der Waals surface area contributed by atoms with Crippen LogP contribution in [0.1, 0.15) is 0 Å². The average Bonchev–Trinajstić information content (AvgIpc) is 4.03. The van der Waals surface area contributed by atoms with Crippen LogP contribution in [0.2, 0.25) is 0 Å². The monoisotopic (exact) mass is 806 g/mol. The molecule has 4 heterocycles. The summed E-state index contributed by atoms with van der Waals surface area (Å²) in [4.78, 5) is 15.5. The van der Waals surface area contributed by atoms with Gasteiger partial charge < -0.3 is 13.4 Å². The van der Waals surface area contributed by atoms with E-state index in [1.807, 2.05) is 72.8 Å². The van der Waals surface area contributed by atoms with E-state index in [-0.39, 0.29) is 0 Å². The second kappa shape index (κ2) is 14.0. The molecule has 6 heteroatoms. The van der Waals surface area contributed by atoms with Gasteiger partial charge in [0.05, 0.1) is 11.0 Å². The average molecular weight is 807 g/mol. The molecular weight excluding hydrogens is 773 g/mol. The Kier molecular flexibility index (Phi) is 7.80. The summed E-state index contributed by atoms with van der Waals surface area (Å²) in [6.45, 7) is 0. The van der Waals surface area contributed by atoms with E-state index in [9.17, 15) is 0 Å². The second-order valence-electron chi connectivity index (χ2n) is 16.0. The summed E-state index contributed by atoms with van der Waals surface area (Å²) in [7, 11) is 0. The van der Waals surface area contributed by atoms with E-state index >= 15 is 0 Å². The maximum Gasteiger partial charge on any atom is 0.164 e. The lowest BCUT2D eigenvalue weighted by molar-refractivity contribution is 0.668. The fourth-order valence-electron chi connectivity index (χ4n) is 9.27. The summed E-state index contributed by atoms with van der Waals surface area (Å²) in [6.07, 6.45) is 0. The van der Waals surface area contributed by atoms with Crippen molar-refractivity contribution >= 4 is 65.7 Å². The minimum Gasteiger partial charge on any atom is -0.456 e. The van der Waals surface area contributed by atoms with Crippen LogP contribution in [0.4, 0.5) is 0 Å². The Morgan fingerprint density at radius 2 is 0.810 bits per heavy atom. The zero-order valence-electron chi connectivity index (χ0n) is 33.7.